The number of ether oxygens (including phenoxy) is 1. The molecule has 6 nitrogen and oxygen atoms in total. The highest BCUT2D eigenvalue weighted by Crippen LogP contribution is 2.21. The lowest BCUT2D eigenvalue weighted by atomic mass is 10.2. The molecule has 1 aromatic heterocycles. The Morgan fingerprint density at radius 2 is 2.21 bits per heavy atom. The third kappa shape index (κ3) is 2.91. The number of para-hydroxylation sites is 1. The molecule has 0 saturated carbocycles. The quantitative estimate of drug-likeness (QED) is 0.856. The lowest BCUT2D eigenvalue weighted by Gasteiger charge is -2.02. The van der Waals surface area contributed by atoms with Gasteiger partial charge < -0.3 is 19.7 Å². The Labute approximate surface area is 110 Å². The predicted octanol–water partition coefficient (Wildman–Crippen LogP) is 1.04. The second-order valence-corrected chi connectivity index (χ2v) is 4.50. The van der Waals surface area contributed by atoms with Crippen LogP contribution in [0, 0.1) is 0 Å². The highest BCUT2D eigenvalue weighted by molar-refractivity contribution is 5.20. The fourth-order valence-corrected chi connectivity index (χ4v) is 2.04. The van der Waals surface area contributed by atoms with E-state index in [1.54, 1.807) is 0 Å². The van der Waals surface area contributed by atoms with Crippen LogP contribution in [0.4, 0.5) is 0 Å². The molecule has 2 aromatic rings. The molecule has 1 aliphatic rings. The SMILES string of the molecule is OC1CN[C@H](c2nc(COc3ccccc3)no2)C1. The number of rotatable bonds is 4. The molecule has 0 bridgehead atoms. The van der Waals surface area contributed by atoms with Crippen LogP contribution in [0.25, 0.3) is 0 Å². The molecular formula is C13H15N3O3. The van der Waals surface area contributed by atoms with E-state index in [2.05, 4.69) is 15.5 Å². The van der Waals surface area contributed by atoms with Crippen LogP contribution >= 0.6 is 0 Å². The maximum Gasteiger partial charge on any atom is 0.244 e. The molecule has 1 unspecified atom stereocenters. The Balaban J connectivity index is 1.59. The molecule has 19 heavy (non-hydrogen) atoms. The Bertz CT molecular complexity index is 529. The van der Waals surface area contributed by atoms with Crippen LogP contribution in [0.2, 0.25) is 0 Å². The van der Waals surface area contributed by atoms with Gasteiger partial charge in [-0.25, -0.2) is 0 Å². The first kappa shape index (κ1) is 12.1. The second-order valence-electron chi connectivity index (χ2n) is 4.50. The van der Waals surface area contributed by atoms with Crippen molar-refractivity contribution in [3.05, 3.63) is 42.0 Å². The molecular weight excluding hydrogens is 246 g/mol. The van der Waals surface area contributed by atoms with E-state index in [9.17, 15) is 5.11 Å². The standard InChI is InChI=1S/C13H15N3O3/c17-9-6-11(14-7-9)13-15-12(16-19-13)8-18-10-4-2-1-3-5-10/h1-5,9,11,14,17H,6-8H2/t9?,11-/m0/s1. The van der Waals surface area contributed by atoms with Crippen molar-refractivity contribution in [1.82, 2.24) is 15.5 Å². The Kier molecular flexibility index (Phi) is 3.43. The van der Waals surface area contributed by atoms with Crippen molar-refractivity contribution in [3.8, 4) is 5.75 Å². The minimum atomic E-state index is -0.346. The van der Waals surface area contributed by atoms with Gasteiger partial charge in [0, 0.05) is 6.54 Å². The van der Waals surface area contributed by atoms with Crippen molar-refractivity contribution >= 4 is 0 Å². The van der Waals surface area contributed by atoms with Gasteiger partial charge >= 0.3 is 0 Å². The fourth-order valence-electron chi connectivity index (χ4n) is 2.04. The van der Waals surface area contributed by atoms with Gasteiger partial charge in [0.25, 0.3) is 0 Å². The molecule has 1 aliphatic heterocycles. The molecule has 3 rings (SSSR count). The van der Waals surface area contributed by atoms with E-state index in [0.29, 0.717) is 24.7 Å². The summed E-state index contributed by atoms with van der Waals surface area (Å²) >= 11 is 0. The zero-order chi connectivity index (χ0) is 13.1. The van der Waals surface area contributed by atoms with Gasteiger partial charge in [-0.1, -0.05) is 23.4 Å². The number of aromatic nitrogens is 2. The molecule has 1 fully saturated rings. The molecule has 2 N–H and O–H groups in total. The van der Waals surface area contributed by atoms with Gasteiger partial charge in [-0.15, -0.1) is 0 Å². The van der Waals surface area contributed by atoms with E-state index in [1.165, 1.54) is 0 Å². The lowest BCUT2D eigenvalue weighted by molar-refractivity contribution is 0.191. The van der Waals surface area contributed by atoms with E-state index >= 15 is 0 Å². The molecule has 0 spiro atoms. The number of nitrogens with one attached hydrogen (secondary N) is 1. The summed E-state index contributed by atoms with van der Waals surface area (Å²) in [5.74, 6) is 1.77. The van der Waals surface area contributed by atoms with Crippen molar-refractivity contribution in [2.45, 2.75) is 25.2 Å². The zero-order valence-corrected chi connectivity index (χ0v) is 10.3. The van der Waals surface area contributed by atoms with Gasteiger partial charge in [0.05, 0.1) is 12.1 Å². The molecule has 6 heteroatoms. The van der Waals surface area contributed by atoms with Crippen LogP contribution in [-0.4, -0.2) is 27.9 Å². The van der Waals surface area contributed by atoms with Crippen LogP contribution < -0.4 is 10.1 Å². The molecule has 2 atom stereocenters. The van der Waals surface area contributed by atoms with Crippen LogP contribution in [-0.2, 0) is 6.61 Å². The number of aliphatic hydroxyl groups excluding tert-OH is 1. The normalized spacial score (nSPS) is 22.6. The van der Waals surface area contributed by atoms with Gasteiger partial charge in [0.2, 0.25) is 11.7 Å². The van der Waals surface area contributed by atoms with E-state index in [1.807, 2.05) is 30.3 Å². The van der Waals surface area contributed by atoms with Crippen molar-refractivity contribution < 1.29 is 14.4 Å². The molecule has 100 valence electrons. The minimum Gasteiger partial charge on any atom is -0.485 e. The van der Waals surface area contributed by atoms with Crippen molar-refractivity contribution in [3.63, 3.8) is 0 Å². The van der Waals surface area contributed by atoms with Crippen LogP contribution in [0.3, 0.4) is 0 Å². The average Bonchev–Trinajstić information content (AvgIpc) is 3.06. The van der Waals surface area contributed by atoms with Gasteiger partial charge in [0.1, 0.15) is 5.75 Å². The summed E-state index contributed by atoms with van der Waals surface area (Å²) in [6, 6.07) is 9.41. The van der Waals surface area contributed by atoms with Crippen LogP contribution in [0.5, 0.6) is 5.75 Å². The number of hydrogen-bond acceptors (Lipinski definition) is 6. The Morgan fingerprint density at radius 1 is 1.37 bits per heavy atom. The first-order valence-electron chi connectivity index (χ1n) is 6.23. The number of nitrogens with zero attached hydrogens (tertiary/aromatic N) is 2. The Morgan fingerprint density at radius 3 is 2.95 bits per heavy atom. The molecule has 0 amide bonds. The third-order valence-electron chi connectivity index (χ3n) is 3.00. The predicted molar refractivity (Wildman–Crippen MR) is 66.4 cm³/mol. The van der Waals surface area contributed by atoms with Crippen molar-refractivity contribution in [2.75, 3.05) is 6.54 Å². The number of aliphatic hydroxyl groups is 1. The molecule has 1 aromatic carbocycles. The maximum atomic E-state index is 9.44. The summed E-state index contributed by atoms with van der Waals surface area (Å²) in [6.45, 7) is 0.825. The highest BCUT2D eigenvalue weighted by atomic mass is 16.5. The van der Waals surface area contributed by atoms with Gasteiger partial charge in [-0.05, 0) is 18.6 Å². The second kappa shape index (κ2) is 5.38. The van der Waals surface area contributed by atoms with Gasteiger partial charge in [0.15, 0.2) is 6.61 Å². The smallest absolute Gasteiger partial charge is 0.244 e. The van der Waals surface area contributed by atoms with Crippen LogP contribution in [0.15, 0.2) is 34.9 Å². The molecule has 2 heterocycles. The fraction of sp³-hybridized carbons (Fsp3) is 0.385. The summed E-state index contributed by atoms with van der Waals surface area (Å²) in [6.07, 6.45) is 0.252. The summed E-state index contributed by atoms with van der Waals surface area (Å²) in [4.78, 5) is 4.27. The number of β-amino-alcohol motifs (C(OH)–C–C–N with tert-alkyl or cyclic N) is 1. The number of hydrogen-bond donors (Lipinski definition) is 2. The summed E-state index contributed by atoms with van der Waals surface area (Å²) in [7, 11) is 0. The maximum absolute atomic E-state index is 9.44. The minimum absolute atomic E-state index is 0.0621. The van der Waals surface area contributed by atoms with E-state index < -0.39 is 0 Å². The van der Waals surface area contributed by atoms with Gasteiger partial charge in [-0.3, -0.25) is 0 Å². The first-order chi connectivity index (χ1) is 9.31. The van der Waals surface area contributed by atoms with E-state index in [-0.39, 0.29) is 18.8 Å². The number of benzene rings is 1. The highest BCUT2D eigenvalue weighted by Gasteiger charge is 2.28. The largest absolute Gasteiger partial charge is 0.485 e. The van der Waals surface area contributed by atoms with E-state index in [4.69, 9.17) is 9.26 Å². The zero-order valence-electron chi connectivity index (χ0n) is 10.3. The lowest BCUT2D eigenvalue weighted by Crippen LogP contribution is -2.15. The average molecular weight is 261 g/mol. The monoisotopic (exact) mass is 261 g/mol. The van der Waals surface area contributed by atoms with Crippen LogP contribution in [0.1, 0.15) is 24.2 Å². The van der Waals surface area contributed by atoms with Gasteiger partial charge in [-0.2, -0.15) is 4.98 Å². The topological polar surface area (TPSA) is 80.4 Å². The third-order valence-corrected chi connectivity index (χ3v) is 3.00. The summed E-state index contributed by atoms with van der Waals surface area (Å²) < 4.78 is 10.7. The Hall–Kier alpha value is -1.92. The van der Waals surface area contributed by atoms with Crippen molar-refractivity contribution in [1.29, 1.82) is 0 Å². The van der Waals surface area contributed by atoms with E-state index in [0.717, 1.165) is 5.75 Å². The molecule has 0 aliphatic carbocycles. The molecule has 0 radical (unpaired) electrons. The summed E-state index contributed by atoms with van der Waals surface area (Å²) in [5, 5.41) is 16.4. The first-order valence-corrected chi connectivity index (χ1v) is 6.23. The van der Waals surface area contributed by atoms with Crippen molar-refractivity contribution in [2.24, 2.45) is 0 Å². The molecule has 1 saturated heterocycles. The summed E-state index contributed by atoms with van der Waals surface area (Å²) in [5.41, 5.74) is 0.